The number of aromatic nitrogens is 2. The molecule has 1 fully saturated rings. The van der Waals surface area contributed by atoms with Crippen molar-refractivity contribution in [2.75, 3.05) is 0 Å². The second-order valence-corrected chi connectivity index (χ2v) is 8.32. The Bertz CT molecular complexity index is 1130. The van der Waals surface area contributed by atoms with Crippen LogP contribution < -0.4 is 5.32 Å². The number of rotatable bonds is 3. The molecule has 2 aromatic carbocycles. The molecule has 5 nitrogen and oxygen atoms in total. The number of hydrogen-bond donors (Lipinski definition) is 1. The van der Waals surface area contributed by atoms with E-state index >= 15 is 0 Å². The summed E-state index contributed by atoms with van der Waals surface area (Å²) in [5, 5.41) is 12.9. The lowest BCUT2D eigenvalue weighted by Crippen LogP contribution is -2.19. The molecule has 140 valence electrons. The number of hydrogen-bond acceptors (Lipinski definition) is 6. The van der Waals surface area contributed by atoms with Crippen LogP contribution in [0.15, 0.2) is 52.4 Å². The third-order valence-electron chi connectivity index (χ3n) is 3.59. The number of aliphatic imine (C=N–C) groups is 1. The number of halogens is 3. The highest BCUT2D eigenvalue weighted by atomic mass is 35.5. The highest BCUT2D eigenvalue weighted by Crippen LogP contribution is 2.38. The Kier molecular flexibility index (Phi) is 5.45. The lowest BCUT2D eigenvalue weighted by Gasteiger charge is -2.01. The third-order valence-corrected chi connectivity index (χ3v) is 5.96. The van der Waals surface area contributed by atoms with Gasteiger partial charge in [-0.2, -0.15) is 4.99 Å². The van der Waals surface area contributed by atoms with Gasteiger partial charge in [-0.05, 0) is 47.7 Å². The SMILES string of the molecule is O=C1NC(=Nc2nnc(-c3c(Cl)cccc3Cl)s2)SC1=Cc1cccc(F)c1. The van der Waals surface area contributed by atoms with E-state index in [-0.39, 0.29) is 11.7 Å². The van der Waals surface area contributed by atoms with Crippen molar-refractivity contribution >= 4 is 68.6 Å². The first kappa shape index (κ1) is 19.1. The number of benzene rings is 2. The molecule has 0 spiro atoms. The van der Waals surface area contributed by atoms with Crippen molar-refractivity contribution in [3.05, 3.63) is 68.8 Å². The van der Waals surface area contributed by atoms with Crippen LogP contribution in [0.3, 0.4) is 0 Å². The average Bonchev–Trinajstić information content (AvgIpc) is 3.22. The van der Waals surface area contributed by atoms with E-state index < -0.39 is 0 Å². The highest BCUT2D eigenvalue weighted by molar-refractivity contribution is 8.18. The van der Waals surface area contributed by atoms with Gasteiger partial charge in [0.2, 0.25) is 5.13 Å². The van der Waals surface area contributed by atoms with E-state index in [2.05, 4.69) is 20.5 Å². The Labute approximate surface area is 177 Å². The highest BCUT2D eigenvalue weighted by Gasteiger charge is 2.24. The van der Waals surface area contributed by atoms with E-state index in [1.54, 1.807) is 36.4 Å². The monoisotopic (exact) mass is 450 g/mol. The van der Waals surface area contributed by atoms with E-state index in [9.17, 15) is 9.18 Å². The molecule has 1 amide bonds. The molecule has 1 aliphatic rings. The minimum Gasteiger partial charge on any atom is -0.300 e. The molecule has 1 aliphatic heterocycles. The molecular weight excluding hydrogens is 442 g/mol. The standard InChI is InChI=1S/C18H9Cl2FN4OS2/c19-11-5-2-6-12(20)14(11)16-24-25-18(28-16)23-17-22-15(26)13(27-17)8-9-3-1-4-10(21)7-9/h1-8H,(H,22,23,25,26). The largest absolute Gasteiger partial charge is 0.300 e. The summed E-state index contributed by atoms with van der Waals surface area (Å²) >= 11 is 14.7. The number of nitrogens with one attached hydrogen (secondary N) is 1. The number of carbonyl (C=O) groups is 1. The van der Waals surface area contributed by atoms with E-state index in [0.29, 0.717) is 41.4 Å². The minimum atomic E-state index is -0.369. The van der Waals surface area contributed by atoms with Gasteiger partial charge in [0.1, 0.15) is 5.82 Å². The third kappa shape index (κ3) is 4.10. The van der Waals surface area contributed by atoms with Gasteiger partial charge in [0.05, 0.1) is 15.0 Å². The molecule has 10 heteroatoms. The maximum absolute atomic E-state index is 13.3. The Morgan fingerprint density at radius 3 is 2.61 bits per heavy atom. The fraction of sp³-hybridized carbons (Fsp3) is 0. The average molecular weight is 451 g/mol. The number of carbonyl (C=O) groups excluding carboxylic acids is 1. The first-order valence-electron chi connectivity index (χ1n) is 7.82. The van der Waals surface area contributed by atoms with Gasteiger partial charge in [0.15, 0.2) is 10.2 Å². The van der Waals surface area contributed by atoms with Gasteiger partial charge in [0, 0.05) is 5.56 Å². The van der Waals surface area contributed by atoms with Crippen LogP contribution in [-0.4, -0.2) is 21.3 Å². The molecule has 3 aromatic rings. The lowest BCUT2D eigenvalue weighted by molar-refractivity contribution is -0.115. The van der Waals surface area contributed by atoms with Gasteiger partial charge in [-0.25, -0.2) is 4.39 Å². The quantitative estimate of drug-likeness (QED) is 0.531. The van der Waals surface area contributed by atoms with Crippen LogP contribution in [0, 0.1) is 5.82 Å². The summed E-state index contributed by atoms with van der Waals surface area (Å²) in [6, 6.07) is 11.2. The molecule has 1 aromatic heterocycles. The summed E-state index contributed by atoms with van der Waals surface area (Å²) in [5.41, 5.74) is 1.18. The zero-order valence-electron chi connectivity index (χ0n) is 13.8. The first-order chi connectivity index (χ1) is 13.5. The molecule has 2 heterocycles. The van der Waals surface area contributed by atoms with Crippen molar-refractivity contribution in [1.29, 1.82) is 0 Å². The predicted octanol–water partition coefficient (Wildman–Crippen LogP) is 5.54. The maximum atomic E-state index is 13.3. The smallest absolute Gasteiger partial charge is 0.264 e. The predicted molar refractivity (Wildman–Crippen MR) is 113 cm³/mol. The van der Waals surface area contributed by atoms with Crippen LogP contribution in [0.5, 0.6) is 0 Å². The summed E-state index contributed by atoms with van der Waals surface area (Å²) < 4.78 is 13.3. The fourth-order valence-corrected chi connectivity index (χ4v) is 4.74. The van der Waals surface area contributed by atoms with Crippen molar-refractivity contribution < 1.29 is 9.18 Å². The van der Waals surface area contributed by atoms with Crippen LogP contribution >= 0.6 is 46.3 Å². The summed E-state index contributed by atoms with van der Waals surface area (Å²) in [7, 11) is 0. The Hall–Kier alpha value is -2.26. The Morgan fingerprint density at radius 2 is 1.86 bits per heavy atom. The van der Waals surface area contributed by atoms with E-state index in [0.717, 1.165) is 11.8 Å². The number of thioether (sulfide) groups is 1. The summed E-state index contributed by atoms with van der Waals surface area (Å²) in [6.07, 6.45) is 1.60. The van der Waals surface area contributed by atoms with Crippen LogP contribution in [0.25, 0.3) is 16.6 Å². The normalized spacial score (nSPS) is 16.8. The molecule has 0 unspecified atom stereocenters. The van der Waals surface area contributed by atoms with Crippen LogP contribution in [0.1, 0.15) is 5.56 Å². The summed E-state index contributed by atoms with van der Waals surface area (Å²) in [5.74, 6) is -0.682. The molecule has 1 N–H and O–H groups in total. The zero-order chi connectivity index (χ0) is 19.7. The van der Waals surface area contributed by atoms with E-state index in [1.807, 2.05) is 0 Å². The van der Waals surface area contributed by atoms with Gasteiger partial charge < -0.3 is 5.32 Å². The summed E-state index contributed by atoms with van der Waals surface area (Å²) in [4.78, 5) is 16.9. The van der Waals surface area contributed by atoms with Crippen LogP contribution in [0.2, 0.25) is 10.0 Å². The van der Waals surface area contributed by atoms with Crippen molar-refractivity contribution in [2.45, 2.75) is 0 Å². The minimum absolute atomic E-state index is 0.313. The van der Waals surface area contributed by atoms with Gasteiger partial charge in [0.25, 0.3) is 5.91 Å². The number of amides is 1. The van der Waals surface area contributed by atoms with Crippen LogP contribution in [-0.2, 0) is 4.79 Å². The molecule has 0 aliphatic carbocycles. The second kappa shape index (κ2) is 8.00. The van der Waals surface area contributed by atoms with Gasteiger partial charge in [-0.1, -0.05) is 52.7 Å². The molecule has 0 radical (unpaired) electrons. The molecule has 0 bridgehead atoms. The lowest BCUT2D eigenvalue weighted by atomic mass is 10.2. The number of amidine groups is 1. The zero-order valence-corrected chi connectivity index (χ0v) is 17.0. The Morgan fingerprint density at radius 1 is 1.11 bits per heavy atom. The molecule has 4 rings (SSSR count). The van der Waals surface area contributed by atoms with Gasteiger partial charge in [-0.3, -0.25) is 4.79 Å². The van der Waals surface area contributed by atoms with Crippen molar-refractivity contribution in [3.8, 4) is 10.6 Å². The fourth-order valence-electron chi connectivity index (χ4n) is 2.38. The van der Waals surface area contributed by atoms with Crippen molar-refractivity contribution in [3.63, 3.8) is 0 Å². The van der Waals surface area contributed by atoms with E-state index in [4.69, 9.17) is 23.2 Å². The molecule has 28 heavy (non-hydrogen) atoms. The molecule has 1 saturated heterocycles. The van der Waals surface area contributed by atoms with Crippen molar-refractivity contribution in [1.82, 2.24) is 15.5 Å². The summed E-state index contributed by atoms with van der Waals surface area (Å²) in [6.45, 7) is 0. The topological polar surface area (TPSA) is 67.2 Å². The van der Waals surface area contributed by atoms with Gasteiger partial charge >= 0.3 is 0 Å². The first-order valence-corrected chi connectivity index (χ1v) is 10.2. The van der Waals surface area contributed by atoms with E-state index in [1.165, 1.54) is 23.5 Å². The second-order valence-electron chi connectivity index (χ2n) is 5.52. The molecule has 0 atom stereocenters. The van der Waals surface area contributed by atoms with Crippen molar-refractivity contribution in [2.24, 2.45) is 4.99 Å². The molecule has 0 saturated carbocycles. The Balaban J connectivity index is 1.58. The molecular formula is C18H9Cl2FN4OS2. The number of nitrogens with zero attached hydrogens (tertiary/aromatic N) is 3. The van der Waals surface area contributed by atoms with Gasteiger partial charge in [-0.15, -0.1) is 10.2 Å². The van der Waals surface area contributed by atoms with Crippen LogP contribution in [0.4, 0.5) is 9.52 Å². The maximum Gasteiger partial charge on any atom is 0.264 e.